The maximum atomic E-state index is 11.9. The van der Waals surface area contributed by atoms with E-state index in [1.54, 1.807) is 25.3 Å². The van der Waals surface area contributed by atoms with Gasteiger partial charge in [-0.2, -0.15) is 0 Å². The van der Waals surface area contributed by atoms with E-state index in [4.69, 9.17) is 15.2 Å². The fourth-order valence-electron chi connectivity index (χ4n) is 1.66. The molecule has 1 aromatic rings. The molecule has 0 aliphatic carbocycles. The van der Waals surface area contributed by atoms with Gasteiger partial charge in [-0.3, -0.25) is 4.79 Å². The van der Waals surface area contributed by atoms with Crippen molar-refractivity contribution in [3.8, 4) is 11.5 Å². The molecule has 0 spiro atoms. The molecule has 5 heteroatoms. The van der Waals surface area contributed by atoms with Crippen molar-refractivity contribution in [1.29, 1.82) is 0 Å². The Labute approximate surface area is 120 Å². The van der Waals surface area contributed by atoms with Gasteiger partial charge in [0.2, 0.25) is 0 Å². The molecule has 0 radical (unpaired) electrons. The number of carbonyl (C=O) groups excluding carboxylic acids is 1. The van der Waals surface area contributed by atoms with Crippen molar-refractivity contribution in [3.05, 3.63) is 23.8 Å². The van der Waals surface area contributed by atoms with E-state index in [9.17, 15) is 4.79 Å². The number of ether oxygens (including phenoxy) is 2. The van der Waals surface area contributed by atoms with Crippen LogP contribution in [-0.2, 0) is 0 Å². The minimum atomic E-state index is -0.128. The Balaban J connectivity index is 2.68. The van der Waals surface area contributed by atoms with E-state index in [-0.39, 0.29) is 5.91 Å². The number of carbonyl (C=O) groups is 1. The molecule has 1 amide bonds. The summed E-state index contributed by atoms with van der Waals surface area (Å²) in [6.45, 7) is 3.89. The third-order valence-electron chi connectivity index (χ3n) is 2.85. The molecule has 0 fully saturated rings. The Hall–Kier alpha value is -1.75. The van der Waals surface area contributed by atoms with Gasteiger partial charge in [0.05, 0.1) is 13.7 Å². The summed E-state index contributed by atoms with van der Waals surface area (Å²) in [5.74, 6) is 1.11. The van der Waals surface area contributed by atoms with Gasteiger partial charge in [-0.05, 0) is 37.6 Å². The second-order valence-electron chi connectivity index (χ2n) is 4.47. The number of amides is 1. The van der Waals surface area contributed by atoms with Crippen LogP contribution in [0.2, 0.25) is 0 Å². The molecular formula is C15H24N2O3. The van der Waals surface area contributed by atoms with E-state index < -0.39 is 0 Å². The van der Waals surface area contributed by atoms with E-state index in [1.807, 2.05) is 0 Å². The first-order valence-corrected chi connectivity index (χ1v) is 7.02. The lowest BCUT2D eigenvalue weighted by molar-refractivity contribution is 0.0953. The Morgan fingerprint density at radius 2 is 2.10 bits per heavy atom. The highest BCUT2D eigenvalue weighted by atomic mass is 16.5. The summed E-state index contributed by atoms with van der Waals surface area (Å²) in [5, 5.41) is 2.81. The molecule has 5 nitrogen and oxygen atoms in total. The van der Waals surface area contributed by atoms with E-state index in [0.29, 0.717) is 36.8 Å². The molecule has 0 saturated heterocycles. The molecule has 0 aliphatic rings. The summed E-state index contributed by atoms with van der Waals surface area (Å²) in [5.41, 5.74) is 5.95. The van der Waals surface area contributed by atoms with Crippen LogP contribution >= 0.6 is 0 Å². The molecule has 0 bridgehead atoms. The number of nitrogens with one attached hydrogen (secondary N) is 1. The number of methoxy groups -OCH3 is 1. The molecule has 1 rings (SSSR count). The van der Waals surface area contributed by atoms with Crippen LogP contribution in [0.4, 0.5) is 0 Å². The largest absolute Gasteiger partial charge is 0.493 e. The van der Waals surface area contributed by atoms with Crippen LogP contribution in [0, 0.1) is 0 Å². The average Bonchev–Trinajstić information content (AvgIpc) is 2.47. The second-order valence-corrected chi connectivity index (χ2v) is 4.47. The van der Waals surface area contributed by atoms with Crippen molar-refractivity contribution >= 4 is 5.91 Å². The van der Waals surface area contributed by atoms with Gasteiger partial charge >= 0.3 is 0 Å². The summed E-state index contributed by atoms with van der Waals surface area (Å²) in [4.78, 5) is 11.9. The predicted octanol–water partition coefficient (Wildman–Crippen LogP) is 1.95. The zero-order valence-electron chi connectivity index (χ0n) is 12.3. The zero-order chi connectivity index (χ0) is 14.8. The summed E-state index contributed by atoms with van der Waals surface area (Å²) in [6, 6.07) is 5.20. The molecular weight excluding hydrogens is 256 g/mol. The Kier molecular flexibility index (Phi) is 7.50. The van der Waals surface area contributed by atoms with Gasteiger partial charge in [0.1, 0.15) is 0 Å². The smallest absolute Gasteiger partial charge is 0.251 e. The molecule has 3 N–H and O–H groups in total. The van der Waals surface area contributed by atoms with Crippen molar-refractivity contribution in [2.45, 2.75) is 26.2 Å². The number of rotatable bonds is 9. The molecule has 0 atom stereocenters. The molecule has 0 aromatic heterocycles. The van der Waals surface area contributed by atoms with Crippen LogP contribution in [0.25, 0.3) is 0 Å². The molecule has 0 heterocycles. The van der Waals surface area contributed by atoms with Crippen molar-refractivity contribution in [1.82, 2.24) is 5.32 Å². The zero-order valence-corrected chi connectivity index (χ0v) is 12.3. The normalized spacial score (nSPS) is 10.2. The number of unbranched alkanes of at least 4 members (excludes halogenated alkanes) is 1. The Morgan fingerprint density at radius 3 is 2.75 bits per heavy atom. The van der Waals surface area contributed by atoms with Crippen LogP contribution in [0.3, 0.4) is 0 Å². The molecule has 0 unspecified atom stereocenters. The predicted molar refractivity (Wildman–Crippen MR) is 79.4 cm³/mol. The quantitative estimate of drug-likeness (QED) is 0.678. The molecule has 20 heavy (non-hydrogen) atoms. The average molecular weight is 280 g/mol. The van der Waals surface area contributed by atoms with Crippen molar-refractivity contribution in [2.75, 3.05) is 26.8 Å². The van der Waals surface area contributed by atoms with E-state index in [0.717, 1.165) is 19.3 Å². The molecule has 0 saturated carbocycles. The second kappa shape index (κ2) is 9.20. The van der Waals surface area contributed by atoms with Crippen LogP contribution in [0.15, 0.2) is 18.2 Å². The molecule has 1 aromatic carbocycles. The first kappa shape index (κ1) is 16.3. The lowest BCUT2D eigenvalue weighted by Crippen LogP contribution is -2.25. The SMILES string of the molecule is CCCCOc1ccc(C(=O)NCCCN)cc1OC. The fraction of sp³-hybridized carbons (Fsp3) is 0.533. The lowest BCUT2D eigenvalue weighted by Gasteiger charge is -2.12. The van der Waals surface area contributed by atoms with Crippen LogP contribution in [-0.4, -0.2) is 32.7 Å². The third-order valence-corrected chi connectivity index (χ3v) is 2.85. The highest BCUT2D eigenvalue weighted by Gasteiger charge is 2.10. The topological polar surface area (TPSA) is 73.6 Å². The van der Waals surface area contributed by atoms with E-state index in [1.165, 1.54) is 0 Å². The van der Waals surface area contributed by atoms with Gasteiger partial charge in [0, 0.05) is 12.1 Å². The minimum Gasteiger partial charge on any atom is -0.493 e. The third kappa shape index (κ3) is 5.09. The number of hydrogen-bond donors (Lipinski definition) is 2. The number of nitrogens with two attached hydrogens (primary N) is 1. The van der Waals surface area contributed by atoms with Crippen LogP contribution < -0.4 is 20.5 Å². The highest BCUT2D eigenvalue weighted by Crippen LogP contribution is 2.28. The monoisotopic (exact) mass is 280 g/mol. The summed E-state index contributed by atoms with van der Waals surface area (Å²) in [6.07, 6.45) is 2.83. The summed E-state index contributed by atoms with van der Waals surface area (Å²) >= 11 is 0. The van der Waals surface area contributed by atoms with Crippen molar-refractivity contribution in [2.24, 2.45) is 5.73 Å². The van der Waals surface area contributed by atoms with Gasteiger partial charge in [0.25, 0.3) is 5.91 Å². The summed E-state index contributed by atoms with van der Waals surface area (Å²) in [7, 11) is 1.57. The van der Waals surface area contributed by atoms with E-state index in [2.05, 4.69) is 12.2 Å². The number of benzene rings is 1. The number of hydrogen-bond acceptors (Lipinski definition) is 4. The van der Waals surface area contributed by atoms with Gasteiger partial charge in [0.15, 0.2) is 11.5 Å². The molecule has 0 aliphatic heterocycles. The lowest BCUT2D eigenvalue weighted by atomic mass is 10.2. The van der Waals surface area contributed by atoms with Gasteiger partial charge in [-0.15, -0.1) is 0 Å². The highest BCUT2D eigenvalue weighted by molar-refractivity contribution is 5.94. The van der Waals surface area contributed by atoms with Gasteiger partial charge in [-0.25, -0.2) is 0 Å². The summed E-state index contributed by atoms with van der Waals surface area (Å²) < 4.78 is 10.9. The van der Waals surface area contributed by atoms with Crippen molar-refractivity contribution < 1.29 is 14.3 Å². The van der Waals surface area contributed by atoms with Crippen molar-refractivity contribution in [3.63, 3.8) is 0 Å². The standard InChI is InChI=1S/C15H24N2O3/c1-3-4-10-20-13-7-6-12(11-14(13)19-2)15(18)17-9-5-8-16/h6-7,11H,3-5,8-10,16H2,1-2H3,(H,17,18). The first-order valence-electron chi connectivity index (χ1n) is 7.02. The Morgan fingerprint density at radius 1 is 1.30 bits per heavy atom. The fourth-order valence-corrected chi connectivity index (χ4v) is 1.66. The van der Waals surface area contributed by atoms with Crippen LogP contribution in [0.1, 0.15) is 36.5 Å². The van der Waals surface area contributed by atoms with Gasteiger partial charge in [-0.1, -0.05) is 13.3 Å². The molecule has 112 valence electrons. The van der Waals surface area contributed by atoms with E-state index >= 15 is 0 Å². The maximum absolute atomic E-state index is 11.9. The first-order chi connectivity index (χ1) is 9.72. The van der Waals surface area contributed by atoms with Crippen LogP contribution in [0.5, 0.6) is 11.5 Å². The Bertz CT molecular complexity index is 422. The van der Waals surface area contributed by atoms with Gasteiger partial charge < -0.3 is 20.5 Å². The minimum absolute atomic E-state index is 0.128. The maximum Gasteiger partial charge on any atom is 0.251 e.